The molecule has 136 valence electrons. The zero-order valence-corrected chi connectivity index (χ0v) is 14.5. The van der Waals surface area contributed by atoms with E-state index in [4.69, 9.17) is 10.5 Å². The maximum Gasteiger partial charge on any atom is 0.143 e. The molecule has 2 heterocycles. The van der Waals surface area contributed by atoms with Crippen molar-refractivity contribution in [2.75, 3.05) is 0 Å². The summed E-state index contributed by atoms with van der Waals surface area (Å²) in [5.41, 5.74) is 8.25. The molecule has 0 bridgehead atoms. The smallest absolute Gasteiger partial charge is 0.143 e. The number of fused-ring (bicyclic) bond motifs is 1. The van der Waals surface area contributed by atoms with Crippen molar-refractivity contribution >= 4 is 11.0 Å². The third-order valence-corrected chi connectivity index (χ3v) is 5.14. The Balaban J connectivity index is 1.62. The molecular formula is C19H22N4O3. The van der Waals surface area contributed by atoms with Crippen LogP contribution in [0.3, 0.4) is 0 Å². The van der Waals surface area contributed by atoms with Crippen LogP contribution in [0.25, 0.3) is 11.0 Å². The van der Waals surface area contributed by atoms with Gasteiger partial charge in [-0.1, -0.05) is 18.2 Å². The Kier molecular flexibility index (Phi) is 4.36. The van der Waals surface area contributed by atoms with Crippen LogP contribution in [-0.4, -0.2) is 43.1 Å². The van der Waals surface area contributed by atoms with Crippen LogP contribution in [0.5, 0.6) is 5.75 Å². The minimum atomic E-state index is -0.994. The number of para-hydroxylation sites is 1. The summed E-state index contributed by atoms with van der Waals surface area (Å²) in [6.45, 7) is 2.27. The number of aromatic nitrogens is 3. The molecule has 4 rings (SSSR count). The Morgan fingerprint density at radius 1 is 1.19 bits per heavy atom. The van der Waals surface area contributed by atoms with Gasteiger partial charge in [-0.25, -0.2) is 9.97 Å². The Labute approximate surface area is 151 Å². The number of hydrogen-bond acceptors (Lipinski definition) is 6. The van der Waals surface area contributed by atoms with Gasteiger partial charge >= 0.3 is 0 Å². The molecule has 0 radical (unpaired) electrons. The van der Waals surface area contributed by atoms with Gasteiger partial charge < -0.3 is 25.3 Å². The molecule has 4 N–H and O–H groups in total. The van der Waals surface area contributed by atoms with Crippen LogP contribution in [0.1, 0.15) is 23.7 Å². The van der Waals surface area contributed by atoms with Crippen LogP contribution in [0, 0.1) is 6.92 Å². The fourth-order valence-corrected chi connectivity index (χ4v) is 3.68. The molecule has 1 saturated carbocycles. The molecule has 0 amide bonds. The normalized spacial score (nSPS) is 25.7. The first kappa shape index (κ1) is 17.0. The first-order valence-electron chi connectivity index (χ1n) is 8.69. The third-order valence-electron chi connectivity index (χ3n) is 5.14. The molecule has 26 heavy (non-hydrogen) atoms. The lowest BCUT2D eigenvalue weighted by Gasteiger charge is -2.20. The number of benzene rings is 1. The first-order chi connectivity index (χ1) is 12.6. The van der Waals surface area contributed by atoms with Crippen molar-refractivity contribution in [3.8, 4) is 5.75 Å². The number of aliphatic hydroxyl groups excluding tert-OH is 2. The van der Waals surface area contributed by atoms with Gasteiger partial charge in [-0.2, -0.15) is 0 Å². The summed E-state index contributed by atoms with van der Waals surface area (Å²) >= 11 is 0. The quantitative estimate of drug-likeness (QED) is 0.652. The van der Waals surface area contributed by atoms with E-state index in [2.05, 4.69) is 9.97 Å². The van der Waals surface area contributed by atoms with Crippen molar-refractivity contribution in [1.82, 2.24) is 14.5 Å². The summed E-state index contributed by atoms with van der Waals surface area (Å²) in [7, 11) is 0. The minimum absolute atomic E-state index is 0.327. The molecule has 1 aromatic carbocycles. The lowest BCUT2D eigenvalue weighted by molar-refractivity contribution is -0.0165. The van der Waals surface area contributed by atoms with Gasteiger partial charge in [-0.05, 0) is 19.1 Å². The molecule has 4 atom stereocenters. The van der Waals surface area contributed by atoms with Gasteiger partial charge in [-0.3, -0.25) is 0 Å². The molecule has 0 unspecified atom stereocenters. The largest absolute Gasteiger partial charge is 0.487 e. The molecule has 1 fully saturated rings. The number of aryl methyl sites for hydroxylation is 1. The predicted octanol–water partition coefficient (Wildman–Crippen LogP) is 1.31. The first-order valence-corrected chi connectivity index (χ1v) is 8.69. The Bertz CT molecular complexity index is 926. The van der Waals surface area contributed by atoms with Crippen LogP contribution in [0.2, 0.25) is 0 Å². The van der Waals surface area contributed by atoms with Crippen molar-refractivity contribution < 1.29 is 14.9 Å². The van der Waals surface area contributed by atoms with Crippen LogP contribution < -0.4 is 10.5 Å². The van der Waals surface area contributed by atoms with Gasteiger partial charge in [0.1, 0.15) is 36.0 Å². The molecule has 7 heteroatoms. The van der Waals surface area contributed by atoms with Gasteiger partial charge in [-0.15, -0.1) is 0 Å². The molecule has 1 aliphatic carbocycles. The number of hydrogen-bond donors (Lipinski definition) is 3. The van der Waals surface area contributed by atoms with Gasteiger partial charge in [0.2, 0.25) is 0 Å². The highest BCUT2D eigenvalue weighted by atomic mass is 16.5. The highest BCUT2D eigenvalue weighted by Crippen LogP contribution is 2.36. The Morgan fingerprint density at radius 2 is 2.00 bits per heavy atom. The number of ether oxygens (including phenoxy) is 1. The summed E-state index contributed by atoms with van der Waals surface area (Å²) in [5.74, 6) is 0.641. The summed E-state index contributed by atoms with van der Waals surface area (Å²) in [6.07, 6.45) is 1.39. The standard InChI is InChI=1S/C19H22N4O3/c1-11-13-6-7-23(19(13)22-10-21-11)14-8-16(18(25)17(14)24)26-15-5-3-2-4-12(15)9-20/h2-7,10,14,16-18,24-25H,8-9,20H2,1H3/t14-,16+,17+,18-/m1/s1. The van der Waals surface area contributed by atoms with E-state index in [1.165, 1.54) is 6.33 Å². The fourth-order valence-electron chi connectivity index (χ4n) is 3.68. The van der Waals surface area contributed by atoms with E-state index in [1.54, 1.807) is 0 Å². The van der Waals surface area contributed by atoms with Crippen LogP contribution in [0.4, 0.5) is 0 Å². The number of nitrogens with two attached hydrogens (primary N) is 1. The Morgan fingerprint density at radius 3 is 2.81 bits per heavy atom. The summed E-state index contributed by atoms with van der Waals surface area (Å²) in [6, 6.07) is 9.09. The molecule has 2 aromatic heterocycles. The van der Waals surface area contributed by atoms with E-state index in [-0.39, 0.29) is 6.04 Å². The second-order valence-corrected chi connectivity index (χ2v) is 6.67. The van der Waals surface area contributed by atoms with E-state index in [0.717, 1.165) is 22.3 Å². The summed E-state index contributed by atoms with van der Waals surface area (Å²) in [4.78, 5) is 8.54. The Hall–Kier alpha value is -2.48. The number of rotatable bonds is 4. The molecule has 0 aliphatic heterocycles. The summed E-state index contributed by atoms with van der Waals surface area (Å²) < 4.78 is 7.91. The van der Waals surface area contributed by atoms with E-state index in [1.807, 2.05) is 48.0 Å². The SMILES string of the molecule is Cc1ncnc2c1ccn2[C@@H]1C[C@H](Oc2ccccc2CN)[C@@H](O)[C@H]1O. The minimum Gasteiger partial charge on any atom is -0.487 e. The third kappa shape index (κ3) is 2.74. The average Bonchev–Trinajstić information content (AvgIpc) is 3.20. The highest BCUT2D eigenvalue weighted by Gasteiger charge is 2.44. The maximum atomic E-state index is 10.6. The van der Waals surface area contributed by atoms with Crippen LogP contribution in [0.15, 0.2) is 42.9 Å². The number of nitrogens with zero attached hydrogens (tertiary/aromatic N) is 3. The van der Waals surface area contributed by atoms with Crippen molar-refractivity contribution in [2.24, 2.45) is 5.73 Å². The van der Waals surface area contributed by atoms with Gasteiger partial charge in [0.15, 0.2) is 0 Å². The molecule has 3 aromatic rings. The van der Waals surface area contributed by atoms with Crippen LogP contribution in [-0.2, 0) is 6.54 Å². The van der Waals surface area contributed by atoms with E-state index in [9.17, 15) is 10.2 Å². The van der Waals surface area contributed by atoms with Crippen LogP contribution >= 0.6 is 0 Å². The van der Waals surface area contributed by atoms with Crippen molar-refractivity contribution in [3.63, 3.8) is 0 Å². The molecule has 0 spiro atoms. The fraction of sp³-hybridized carbons (Fsp3) is 0.368. The zero-order valence-electron chi connectivity index (χ0n) is 14.5. The van der Waals surface area contributed by atoms with Crippen molar-refractivity contribution in [1.29, 1.82) is 0 Å². The highest BCUT2D eigenvalue weighted by molar-refractivity contribution is 5.78. The maximum absolute atomic E-state index is 10.6. The lowest BCUT2D eigenvalue weighted by atomic mass is 10.2. The second-order valence-electron chi connectivity index (χ2n) is 6.67. The second kappa shape index (κ2) is 6.68. The van der Waals surface area contributed by atoms with E-state index >= 15 is 0 Å². The van der Waals surface area contributed by atoms with Crippen molar-refractivity contribution in [2.45, 2.75) is 44.2 Å². The van der Waals surface area contributed by atoms with E-state index in [0.29, 0.717) is 18.7 Å². The molecule has 1 aliphatic rings. The predicted molar refractivity (Wildman–Crippen MR) is 96.7 cm³/mol. The molecule has 7 nitrogen and oxygen atoms in total. The molecular weight excluding hydrogens is 332 g/mol. The van der Waals surface area contributed by atoms with Crippen molar-refractivity contribution in [3.05, 3.63) is 54.1 Å². The average molecular weight is 354 g/mol. The van der Waals surface area contributed by atoms with Gasteiger partial charge in [0.05, 0.1) is 11.7 Å². The topological polar surface area (TPSA) is 106 Å². The summed E-state index contributed by atoms with van der Waals surface area (Å²) in [5, 5.41) is 22.1. The lowest BCUT2D eigenvalue weighted by Crippen LogP contribution is -2.34. The van der Waals surface area contributed by atoms with Gasteiger partial charge in [0, 0.05) is 30.1 Å². The zero-order chi connectivity index (χ0) is 18.3. The van der Waals surface area contributed by atoms with Gasteiger partial charge in [0.25, 0.3) is 0 Å². The van der Waals surface area contributed by atoms with E-state index < -0.39 is 18.3 Å². The monoisotopic (exact) mass is 354 g/mol. The molecule has 0 saturated heterocycles. The number of aliphatic hydroxyl groups is 2.